The molecule has 6 heteroatoms. The van der Waals surface area contributed by atoms with Gasteiger partial charge in [0.2, 0.25) is 0 Å². The Bertz CT molecular complexity index is 861. The molecule has 21 heavy (non-hydrogen) atoms. The van der Waals surface area contributed by atoms with E-state index in [0.29, 0.717) is 16.5 Å². The van der Waals surface area contributed by atoms with Crippen LogP contribution < -0.4 is 10.9 Å². The van der Waals surface area contributed by atoms with E-state index < -0.39 is 11.6 Å². The normalized spacial score (nSPS) is 10.8. The van der Waals surface area contributed by atoms with E-state index in [4.69, 9.17) is 0 Å². The molecule has 0 aliphatic heterocycles. The Kier molecular flexibility index (Phi) is 3.35. The summed E-state index contributed by atoms with van der Waals surface area (Å²) in [5.74, 6) is -1.31. The number of nitrogens with zero attached hydrogens (tertiary/aromatic N) is 1. The number of aromatic nitrogens is 2. The highest BCUT2D eigenvalue weighted by molar-refractivity contribution is 5.83. The van der Waals surface area contributed by atoms with Crippen LogP contribution in [0.1, 0.15) is 5.69 Å². The molecule has 0 aliphatic carbocycles. The van der Waals surface area contributed by atoms with Crippen LogP contribution >= 0.6 is 0 Å². The molecule has 2 N–H and O–H groups in total. The number of nitrogens with one attached hydrogen (secondary N) is 2. The smallest absolute Gasteiger partial charge is 0.272 e. The summed E-state index contributed by atoms with van der Waals surface area (Å²) in [6.07, 6.45) is 0. The average molecular weight is 287 g/mol. The Morgan fingerprint density at radius 1 is 1.10 bits per heavy atom. The van der Waals surface area contributed by atoms with E-state index in [-0.39, 0.29) is 17.8 Å². The fourth-order valence-corrected chi connectivity index (χ4v) is 2.12. The van der Waals surface area contributed by atoms with Crippen molar-refractivity contribution in [3.8, 4) is 0 Å². The minimum absolute atomic E-state index is 0.175. The zero-order valence-corrected chi connectivity index (χ0v) is 10.9. The van der Waals surface area contributed by atoms with Crippen LogP contribution in [0.4, 0.5) is 14.5 Å². The second kappa shape index (κ2) is 5.32. The highest BCUT2D eigenvalue weighted by Gasteiger charge is 2.07. The Morgan fingerprint density at radius 3 is 2.62 bits per heavy atom. The Hall–Kier alpha value is -2.76. The van der Waals surface area contributed by atoms with Gasteiger partial charge in [-0.1, -0.05) is 18.2 Å². The van der Waals surface area contributed by atoms with E-state index in [2.05, 4.69) is 15.5 Å². The number of H-pyrrole nitrogens is 1. The van der Waals surface area contributed by atoms with E-state index >= 15 is 0 Å². The number of hydrogen-bond donors (Lipinski definition) is 2. The molecule has 0 fully saturated rings. The molecule has 2 aromatic carbocycles. The van der Waals surface area contributed by atoms with Gasteiger partial charge in [0, 0.05) is 11.5 Å². The van der Waals surface area contributed by atoms with Crippen LogP contribution in [0.5, 0.6) is 0 Å². The van der Waals surface area contributed by atoms with Crippen molar-refractivity contribution in [2.45, 2.75) is 6.54 Å². The average Bonchev–Trinajstić information content (AvgIpc) is 2.48. The molecule has 1 heterocycles. The first-order valence-electron chi connectivity index (χ1n) is 6.30. The molecule has 3 aromatic rings. The first kappa shape index (κ1) is 13.2. The molecular weight excluding hydrogens is 276 g/mol. The lowest BCUT2D eigenvalue weighted by molar-refractivity contribution is 0.585. The van der Waals surface area contributed by atoms with Gasteiger partial charge in [0.25, 0.3) is 5.56 Å². The zero-order valence-electron chi connectivity index (χ0n) is 10.9. The van der Waals surface area contributed by atoms with E-state index in [1.807, 2.05) is 0 Å². The van der Waals surface area contributed by atoms with Crippen molar-refractivity contribution >= 4 is 16.5 Å². The van der Waals surface area contributed by atoms with Gasteiger partial charge in [0.15, 0.2) is 0 Å². The van der Waals surface area contributed by atoms with Gasteiger partial charge in [-0.15, -0.1) is 0 Å². The predicted octanol–water partition coefficient (Wildman–Crippen LogP) is 2.81. The SMILES string of the molecule is O=c1[nH]nc(CNc2ccc(F)cc2F)c2ccccc12. The monoisotopic (exact) mass is 287 g/mol. The molecule has 0 saturated heterocycles. The molecule has 3 rings (SSSR count). The number of aromatic amines is 1. The van der Waals surface area contributed by atoms with Crippen LogP contribution in [0.3, 0.4) is 0 Å². The van der Waals surface area contributed by atoms with Gasteiger partial charge in [-0.2, -0.15) is 5.10 Å². The number of benzene rings is 2. The summed E-state index contributed by atoms with van der Waals surface area (Å²) in [5, 5.41) is 10.4. The van der Waals surface area contributed by atoms with Gasteiger partial charge < -0.3 is 5.32 Å². The lowest BCUT2D eigenvalue weighted by atomic mass is 10.1. The quantitative estimate of drug-likeness (QED) is 0.778. The molecule has 0 saturated carbocycles. The lowest BCUT2D eigenvalue weighted by Gasteiger charge is -2.08. The maximum atomic E-state index is 13.6. The maximum Gasteiger partial charge on any atom is 0.272 e. The first-order valence-corrected chi connectivity index (χ1v) is 6.30. The molecule has 0 aliphatic rings. The number of halogens is 2. The minimum atomic E-state index is -0.677. The summed E-state index contributed by atoms with van der Waals surface area (Å²) in [6.45, 7) is 0.208. The lowest BCUT2D eigenvalue weighted by Crippen LogP contribution is -2.13. The van der Waals surface area contributed by atoms with Crippen LogP contribution in [0.25, 0.3) is 10.8 Å². The van der Waals surface area contributed by atoms with Crippen molar-refractivity contribution in [3.63, 3.8) is 0 Å². The second-order valence-electron chi connectivity index (χ2n) is 4.52. The van der Waals surface area contributed by atoms with E-state index in [0.717, 1.165) is 6.07 Å². The molecule has 0 atom stereocenters. The topological polar surface area (TPSA) is 57.8 Å². The molecule has 106 valence electrons. The van der Waals surface area contributed by atoms with Crippen molar-refractivity contribution in [3.05, 3.63) is 70.1 Å². The highest BCUT2D eigenvalue weighted by atomic mass is 19.1. The number of rotatable bonds is 3. The van der Waals surface area contributed by atoms with Gasteiger partial charge in [0.05, 0.1) is 23.3 Å². The molecule has 0 unspecified atom stereocenters. The van der Waals surface area contributed by atoms with Gasteiger partial charge in [0.1, 0.15) is 11.6 Å². The van der Waals surface area contributed by atoms with Crippen LogP contribution in [0.15, 0.2) is 47.3 Å². The third kappa shape index (κ3) is 2.60. The third-order valence-electron chi connectivity index (χ3n) is 3.15. The first-order chi connectivity index (χ1) is 10.1. The summed E-state index contributed by atoms with van der Waals surface area (Å²) in [7, 11) is 0. The number of anilines is 1. The molecule has 4 nitrogen and oxygen atoms in total. The maximum absolute atomic E-state index is 13.6. The third-order valence-corrected chi connectivity index (χ3v) is 3.15. The molecule has 0 amide bonds. The van der Waals surface area contributed by atoms with E-state index in [9.17, 15) is 13.6 Å². The summed E-state index contributed by atoms with van der Waals surface area (Å²) in [4.78, 5) is 11.7. The molecule has 1 aromatic heterocycles. The zero-order chi connectivity index (χ0) is 14.8. The van der Waals surface area contributed by atoms with Crippen molar-refractivity contribution in [1.82, 2.24) is 10.2 Å². The van der Waals surface area contributed by atoms with Gasteiger partial charge in [-0.25, -0.2) is 13.9 Å². The van der Waals surface area contributed by atoms with Crippen molar-refractivity contribution in [2.75, 3.05) is 5.32 Å². The Morgan fingerprint density at radius 2 is 1.86 bits per heavy atom. The molecular formula is C15H11F2N3O. The van der Waals surface area contributed by atoms with Gasteiger partial charge in [-0.05, 0) is 18.2 Å². The van der Waals surface area contributed by atoms with E-state index in [1.54, 1.807) is 24.3 Å². The largest absolute Gasteiger partial charge is 0.377 e. The molecule has 0 bridgehead atoms. The highest BCUT2D eigenvalue weighted by Crippen LogP contribution is 2.18. The standard InChI is InChI=1S/C15H11F2N3O/c16-9-5-6-13(12(17)7-9)18-8-14-10-3-1-2-4-11(10)15(21)20-19-14/h1-7,18H,8H2,(H,20,21). The van der Waals surface area contributed by atoms with Crippen LogP contribution in [-0.4, -0.2) is 10.2 Å². The number of hydrogen-bond acceptors (Lipinski definition) is 3. The summed E-state index contributed by atoms with van der Waals surface area (Å²) in [6, 6.07) is 10.3. The number of fused-ring (bicyclic) bond motifs is 1. The van der Waals surface area contributed by atoms with Crippen LogP contribution in [0.2, 0.25) is 0 Å². The Labute approximate surface area is 118 Å². The van der Waals surface area contributed by atoms with Crippen LogP contribution in [-0.2, 0) is 6.54 Å². The van der Waals surface area contributed by atoms with Gasteiger partial charge in [-0.3, -0.25) is 4.79 Å². The predicted molar refractivity (Wildman–Crippen MR) is 76.0 cm³/mol. The summed E-state index contributed by atoms with van der Waals surface area (Å²) in [5.41, 5.74) is 0.477. The van der Waals surface area contributed by atoms with Crippen molar-refractivity contribution in [2.24, 2.45) is 0 Å². The van der Waals surface area contributed by atoms with Crippen molar-refractivity contribution < 1.29 is 8.78 Å². The Balaban J connectivity index is 1.92. The molecule has 0 radical (unpaired) electrons. The van der Waals surface area contributed by atoms with E-state index in [1.165, 1.54) is 12.1 Å². The van der Waals surface area contributed by atoms with Crippen LogP contribution in [0, 0.1) is 11.6 Å². The van der Waals surface area contributed by atoms with Gasteiger partial charge >= 0.3 is 0 Å². The fraction of sp³-hybridized carbons (Fsp3) is 0.0667. The molecule has 0 spiro atoms. The summed E-state index contributed by atoms with van der Waals surface area (Å²) >= 11 is 0. The second-order valence-corrected chi connectivity index (χ2v) is 4.52. The summed E-state index contributed by atoms with van der Waals surface area (Å²) < 4.78 is 26.4. The fourth-order valence-electron chi connectivity index (χ4n) is 2.12. The van der Waals surface area contributed by atoms with Crippen molar-refractivity contribution in [1.29, 1.82) is 0 Å². The minimum Gasteiger partial charge on any atom is -0.377 e.